The van der Waals surface area contributed by atoms with E-state index in [0.29, 0.717) is 46.7 Å². The first-order chi connectivity index (χ1) is 14.1. The van der Waals surface area contributed by atoms with Crippen molar-refractivity contribution in [3.8, 4) is 0 Å². The van der Waals surface area contributed by atoms with E-state index in [1.165, 1.54) is 0 Å². The van der Waals surface area contributed by atoms with Crippen LogP contribution in [-0.2, 0) is 0 Å². The predicted octanol–water partition coefficient (Wildman–Crippen LogP) is 3.32. The van der Waals surface area contributed by atoms with Gasteiger partial charge in [0, 0.05) is 59.6 Å². The smallest absolute Gasteiger partial charge is 0.196 e. The number of anilines is 2. The van der Waals surface area contributed by atoms with Gasteiger partial charge < -0.3 is 20.8 Å². The summed E-state index contributed by atoms with van der Waals surface area (Å²) in [7, 11) is 0. The van der Waals surface area contributed by atoms with Crippen molar-refractivity contribution < 1.29 is 19.8 Å². The lowest BCUT2D eigenvalue weighted by molar-refractivity contribution is 0.0980. The number of hydrogen-bond donors (Lipinski definition) is 4. The summed E-state index contributed by atoms with van der Waals surface area (Å²) in [4.78, 5) is 26.7. The fourth-order valence-electron chi connectivity index (χ4n) is 3.30. The van der Waals surface area contributed by atoms with Gasteiger partial charge in [0.15, 0.2) is 11.6 Å². The third-order valence-corrected chi connectivity index (χ3v) is 5.45. The van der Waals surface area contributed by atoms with Crippen molar-refractivity contribution in [2.24, 2.45) is 10.8 Å². The fourth-order valence-corrected chi connectivity index (χ4v) is 3.30. The second-order valence-corrected chi connectivity index (χ2v) is 9.47. The number of hydrogen-bond acceptors (Lipinski definition) is 6. The monoisotopic (exact) mass is 410 g/mol. The molecule has 160 valence electrons. The Bertz CT molecular complexity index is 901. The molecule has 1 aliphatic rings. The summed E-state index contributed by atoms with van der Waals surface area (Å²) in [5, 5.41) is 25.6. The molecule has 1 aliphatic carbocycles. The van der Waals surface area contributed by atoms with E-state index < -0.39 is 0 Å². The molecular weight excluding hydrogens is 380 g/mol. The van der Waals surface area contributed by atoms with Crippen LogP contribution < -0.4 is 10.6 Å². The van der Waals surface area contributed by atoms with Crippen LogP contribution in [0.25, 0.3) is 0 Å². The standard InChI is InChI=1S/C24H30N2O4/c1-23(2,13-27)11-25-17-9-10-18(26-12-24(3,4)14-28)20-19(17)21(29)15-7-5-6-8-16(15)22(20)30/h5-10,25-28H,11-14H2,1-4H3. The van der Waals surface area contributed by atoms with Gasteiger partial charge in [-0.05, 0) is 12.1 Å². The molecule has 6 heteroatoms. The van der Waals surface area contributed by atoms with E-state index in [2.05, 4.69) is 10.6 Å². The summed E-state index contributed by atoms with van der Waals surface area (Å²) in [5.41, 5.74) is 1.87. The summed E-state index contributed by atoms with van der Waals surface area (Å²) in [5.74, 6) is -0.399. The molecule has 2 aromatic rings. The Balaban J connectivity index is 2.08. The van der Waals surface area contributed by atoms with Gasteiger partial charge in [-0.1, -0.05) is 52.0 Å². The van der Waals surface area contributed by atoms with Gasteiger partial charge in [-0.15, -0.1) is 0 Å². The number of nitrogens with one attached hydrogen (secondary N) is 2. The predicted molar refractivity (Wildman–Crippen MR) is 118 cm³/mol. The third-order valence-electron chi connectivity index (χ3n) is 5.45. The van der Waals surface area contributed by atoms with Crippen molar-refractivity contribution in [3.05, 3.63) is 58.7 Å². The van der Waals surface area contributed by atoms with Gasteiger partial charge >= 0.3 is 0 Å². The average Bonchev–Trinajstić information content (AvgIpc) is 2.74. The first-order valence-electron chi connectivity index (χ1n) is 10.2. The van der Waals surface area contributed by atoms with Crippen LogP contribution in [0.4, 0.5) is 11.4 Å². The number of rotatable bonds is 8. The lowest BCUT2D eigenvalue weighted by atomic mass is 9.82. The molecule has 0 spiro atoms. The zero-order valence-corrected chi connectivity index (χ0v) is 18.0. The number of aliphatic hydroxyl groups excluding tert-OH is 2. The molecular formula is C24H30N2O4. The fraction of sp³-hybridized carbons (Fsp3) is 0.417. The molecule has 0 amide bonds. The molecule has 0 heterocycles. The van der Waals surface area contributed by atoms with Crippen LogP contribution >= 0.6 is 0 Å². The van der Waals surface area contributed by atoms with E-state index in [1.807, 2.05) is 27.7 Å². The van der Waals surface area contributed by atoms with Crippen molar-refractivity contribution in [2.75, 3.05) is 36.9 Å². The molecule has 0 aromatic heterocycles. The van der Waals surface area contributed by atoms with E-state index in [1.54, 1.807) is 36.4 Å². The molecule has 0 saturated heterocycles. The van der Waals surface area contributed by atoms with Gasteiger partial charge in [0.05, 0.1) is 11.1 Å². The van der Waals surface area contributed by atoms with Gasteiger partial charge in [0.1, 0.15) is 0 Å². The average molecular weight is 411 g/mol. The number of fused-ring (bicyclic) bond motifs is 2. The first kappa shape index (κ1) is 22.0. The summed E-state index contributed by atoms with van der Waals surface area (Å²) in [6.45, 7) is 8.56. The summed E-state index contributed by atoms with van der Waals surface area (Å²) < 4.78 is 0. The third kappa shape index (κ3) is 4.25. The first-order valence-corrected chi connectivity index (χ1v) is 10.2. The number of aliphatic hydroxyl groups is 2. The van der Waals surface area contributed by atoms with Gasteiger partial charge in [0.2, 0.25) is 0 Å². The number of carbonyl (C=O) groups is 2. The second kappa shape index (κ2) is 8.20. The minimum Gasteiger partial charge on any atom is -0.396 e. The van der Waals surface area contributed by atoms with E-state index in [0.717, 1.165) is 0 Å². The quantitative estimate of drug-likeness (QED) is 0.455. The molecule has 0 saturated carbocycles. The molecule has 0 radical (unpaired) electrons. The van der Waals surface area contributed by atoms with Gasteiger partial charge in [-0.2, -0.15) is 0 Å². The Hall–Kier alpha value is -2.70. The van der Waals surface area contributed by atoms with E-state index in [4.69, 9.17) is 0 Å². The van der Waals surface area contributed by atoms with Crippen molar-refractivity contribution in [1.29, 1.82) is 0 Å². The highest BCUT2D eigenvalue weighted by molar-refractivity contribution is 6.31. The lowest BCUT2D eigenvalue weighted by Gasteiger charge is -2.28. The number of carbonyl (C=O) groups excluding carboxylic acids is 2. The molecule has 6 nitrogen and oxygen atoms in total. The highest BCUT2D eigenvalue weighted by Gasteiger charge is 2.34. The van der Waals surface area contributed by atoms with Crippen LogP contribution in [0.3, 0.4) is 0 Å². The highest BCUT2D eigenvalue weighted by Crippen LogP contribution is 2.37. The maximum absolute atomic E-state index is 13.4. The minimum atomic E-state index is -0.380. The number of ketones is 2. The Morgan fingerprint density at radius 3 is 1.40 bits per heavy atom. The molecule has 0 unspecified atom stereocenters. The van der Waals surface area contributed by atoms with Crippen LogP contribution in [0.1, 0.15) is 59.5 Å². The van der Waals surface area contributed by atoms with Crippen molar-refractivity contribution in [3.63, 3.8) is 0 Å². The second-order valence-electron chi connectivity index (χ2n) is 9.47. The van der Waals surface area contributed by atoms with E-state index in [-0.39, 0.29) is 35.6 Å². The largest absolute Gasteiger partial charge is 0.396 e. The van der Waals surface area contributed by atoms with Gasteiger partial charge in [0.25, 0.3) is 0 Å². The molecule has 30 heavy (non-hydrogen) atoms. The molecule has 0 aliphatic heterocycles. The SMILES string of the molecule is CC(C)(CO)CNc1ccc(NCC(C)(C)CO)c2c1C(=O)c1ccccc1C2=O. The van der Waals surface area contributed by atoms with Crippen LogP contribution in [0.5, 0.6) is 0 Å². The van der Waals surface area contributed by atoms with Gasteiger partial charge in [-0.3, -0.25) is 9.59 Å². The zero-order valence-electron chi connectivity index (χ0n) is 18.0. The lowest BCUT2D eigenvalue weighted by Crippen LogP contribution is -2.30. The van der Waals surface area contributed by atoms with Crippen LogP contribution in [0.2, 0.25) is 0 Å². The summed E-state index contributed by atoms with van der Waals surface area (Å²) in [6, 6.07) is 10.4. The Morgan fingerprint density at radius 1 is 0.700 bits per heavy atom. The maximum atomic E-state index is 13.4. The van der Waals surface area contributed by atoms with E-state index in [9.17, 15) is 19.8 Å². The van der Waals surface area contributed by atoms with Crippen molar-refractivity contribution in [1.82, 2.24) is 0 Å². The Kier molecular flexibility index (Phi) is 6.01. The molecule has 0 fully saturated rings. The van der Waals surface area contributed by atoms with Crippen LogP contribution in [0.15, 0.2) is 36.4 Å². The molecule has 2 aromatic carbocycles. The molecule has 0 bridgehead atoms. The van der Waals surface area contributed by atoms with Gasteiger partial charge in [-0.25, -0.2) is 0 Å². The van der Waals surface area contributed by atoms with Crippen LogP contribution in [0, 0.1) is 10.8 Å². The molecule has 0 atom stereocenters. The summed E-state index contributed by atoms with van der Waals surface area (Å²) >= 11 is 0. The molecule has 4 N–H and O–H groups in total. The summed E-state index contributed by atoms with van der Waals surface area (Å²) in [6.07, 6.45) is 0. The van der Waals surface area contributed by atoms with Crippen LogP contribution in [-0.4, -0.2) is 48.1 Å². The zero-order chi connectivity index (χ0) is 22.1. The molecule has 3 rings (SSSR count). The van der Waals surface area contributed by atoms with Crippen molar-refractivity contribution in [2.45, 2.75) is 27.7 Å². The normalized spacial score (nSPS) is 13.7. The Labute approximate surface area is 177 Å². The van der Waals surface area contributed by atoms with E-state index >= 15 is 0 Å². The number of benzene rings is 2. The topological polar surface area (TPSA) is 98.7 Å². The highest BCUT2D eigenvalue weighted by atomic mass is 16.3. The maximum Gasteiger partial charge on any atom is 0.196 e. The minimum absolute atomic E-state index is 0.00617. The Morgan fingerprint density at radius 2 is 1.07 bits per heavy atom. The van der Waals surface area contributed by atoms with Crippen molar-refractivity contribution >= 4 is 22.9 Å².